The lowest BCUT2D eigenvalue weighted by molar-refractivity contribution is -0.142. The Labute approximate surface area is 137 Å². The van der Waals surface area contributed by atoms with Gasteiger partial charge in [0.15, 0.2) is 0 Å². The van der Waals surface area contributed by atoms with Crippen molar-refractivity contribution >= 4 is 17.8 Å². The van der Waals surface area contributed by atoms with Crippen molar-refractivity contribution in [2.75, 3.05) is 13.1 Å². The van der Waals surface area contributed by atoms with Crippen LogP contribution in [0.15, 0.2) is 0 Å². The summed E-state index contributed by atoms with van der Waals surface area (Å²) in [4.78, 5) is 40.7. The minimum atomic E-state index is -0.775. The number of urea groups is 1. The zero-order valence-corrected chi connectivity index (χ0v) is 14.1. The third-order valence-electron chi connectivity index (χ3n) is 5.92. The van der Waals surface area contributed by atoms with Crippen LogP contribution in [0.25, 0.3) is 0 Å². The second kappa shape index (κ2) is 6.13. The molecular weight excluding hydrogens is 294 g/mol. The van der Waals surface area contributed by atoms with Gasteiger partial charge in [-0.25, -0.2) is 4.79 Å². The first-order chi connectivity index (χ1) is 11.0. The van der Waals surface area contributed by atoms with Gasteiger partial charge in [-0.2, -0.15) is 0 Å². The van der Waals surface area contributed by atoms with Gasteiger partial charge in [0, 0.05) is 12.6 Å². The normalized spacial score (nSPS) is 34.9. The van der Waals surface area contributed by atoms with E-state index in [0.29, 0.717) is 6.42 Å². The van der Waals surface area contributed by atoms with E-state index >= 15 is 0 Å². The third-order valence-corrected chi connectivity index (χ3v) is 5.92. The van der Waals surface area contributed by atoms with E-state index in [-0.39, 0.29) is 30.3 Å². The van der Waals surface area contributed by atoms with E-state index in [2.05, 4.69) is 5.32 Å². The molecule has 6 nitrogen and oxygen atoms in total. The summed E-state index contributed by atoms with van der Waals surface area (Å²) in [5.74, 6) is -0.185. The molecule has 0 bridgehead atoms. The second-order valence-corrected chi connectivity index (χ2v) is 7.37. The van der Waals surface area contributed by atoms with Gasteiger partial charge in [0.1, 0.15) is 12.1 Å². The van der Waals surface area contributed by atoms with Crippen LogP contribution in [-0.2, 0) is 9.59 Å². The number of carbonyl (C=O) groups is 3. The van der Waals surface area contributed by atoms with E-state index in [4.69, 9.17) is 0 Å². The predicted molar refractivity (Wildman–Crippen MR) is 85.6 cm³/mol. The van der Waals surface area contributed by atoms with Crippen LogP contribution in [0, 0.1) is 5.92 Å². The molecule has 3 fully saturated rings. The standard InChI is InChI=1S/C17H27N3O3/c1-12-7-3-5-9-17(12)15(22)20(16(23)18-17)11-14(21)19-10-6-4-8-13(19)2/h12-13H,3-11H2,1-2H3,(H,18,23)/t12-,13-,17-/m0/s1. The summed E-state index contributed by atoms with van der Waals surface area (Å²) < 4.78 is 0. The number of rotatable bonds is 2. The molecule has 0 aromatic heterocycles. The number of piperidine rings is 1. The van der Waals surface area contributed by atoms with Crippen LogP contribution in [0.4, 0.5) is 4.79 Å². The van der Waals surface area contributed by atoms with Crippen LogP contribution < -0.4 is 5.32 Å². The van der Waals surface area contributed by atoms with Gasteiger partial charge in [0.25, 0.3) is 5.91 Å². The molecule has 3 atom stereocenters. The van der Waals surface area contributed by atoms with E-state index in [1.807, 2.05) is 18.7 Å². The maximum atomic E-state index is 12.9. The van der Waals surface area contributed by atoms with Crippen molar-refractivity contribution in [1.29, 1.82) is 0 Å². The highest BCUT2D eigenvalue weighted by Crippen LogP contribution is 2.38. The van der Waals surface area contributed by atoms with Crippen LogP contribution in [0.1, 0.15) is 58.8 Å². The Morgan fingerprint density at radius 2 is 1.91 bits per heavy atom. The largest absolute Gasteiger partial charge is 0.338 e. The highest BCUT2D eigenvalue weighted by molar-refractivity contribution is 6.09. The molecule has 0 aromatic rings. The number of imide groups is 1. The first kappa shape index (κ1) is 16.3. The molecule has 3 aliphatic rings. The lowest BCUT2D eigenvalue weighted by atomic mass is 9.73. The van der Waals surface area contributed by atoms with Gasteiger partial charge in [-0.3, -0.25) is 14.5 Å². The molecule has 6 heteroatoms. The lowest BCUT2D eigenvalue weighted by Crippen LogP contribution is -2.54. The maximum Gasteiger partial charge on any atom is 0.325 e. The van der Waals surface area contributed by atoms with Crippen LogP contribution in [0.5, 0.6) is 0 Å². The number of nitrogens with one attached hydrogen (secondary N) is 1. The summed E-state index contributed by atoms with van der Waals surface area (Å²) in [6.45, 7) is 4.66. The number of hydrogen-bond donors (Lipinski definition) is 1. The molecule has 3 rings (SSSR count). The van der Waals surface area contributed by atoms with Crippen molar-refractivity contribution in [3.63, 3.8) is 0 Å². The van der Waals surface area contributed by atoms with Gasteiger partial charge >= 0.3 is 6.03 Å². The zero-order chi connectivity index (χ0) is 16.6. The van der Waals surface area contributed by atoms with Gasteiger partial charge in [0.05, 0.1) is 0 Å². The molecule has 1 saturated carbocycles. The van der Waals surface area contributed by atoms with Gasteiger partial charge in [-0.05, 0) is 44.9 Å². The minimum absolute atomic E-state index is 0.110. The molecule has 2 saturated heterocycles. The molecule has 0 radical (unpaired) electrons. The molecule has 2 aliphatic heterocycles. The Balaban J connectivity index is 1.72. The maximum absolute atomic E-state index is 12.9. The third kappa shape index (κ3) is 2.72. The monoisotopic (exact) mass is 321 g/mol. The molecule has 23 heavy (non-hydrogen) atoms. The number of carbonyl (C=O) groups excluding carboxylic acids is 3. The first-order valence-corrected chi connectivity index (χ1v) is 8.89. The lowest BCUT2D eigenvalue weighted by Gasteiger charge is -2.37. The quantitative estimate of drug-likeness (QED) is 0.790. The smallest absolute Gasteiger partial charge is 0.325 e. The minimum Gasteiger partial charge on any atom is -0.338 e. The van der Waals surface area contributed by atoms with Crippen molar-refractivity contribution in [1.82, 2.24) is 15.1 Å². The number of amides is 4. The molecule has 128 valence electrons. The Kier molecular flexibility index (Phi) is 4.34. The van der Waals surface area contributed by atoms with Gasteiger partial charge in [-0.1, -0.05) is 19.8 Å². The van der Waals surface area contributed by atoms with E-state index in [1.54, 1.807) is 0 Å². The van der Waals surface area contributed by atoms with Gasteiger partial charge < -0.3 is 10.2 Å². The summed E-state index contributed by atoms with van der Waals surface area (Å²) in [6.07, 6.45) is 6.79. The topological polar surface area (TPSA) is 69.7 Å². The molecule has 1 spiro atoms. The van der Waals surface area contributed by atoms with Crippen molar-refractivity contribution in [3.8, 4) is 0 Å². The average molecular weight is 321 g/mol. The number of likely N-dealkylation sites (tertiary alicyclic amines) is 1. The number of hydrogen-bond acceptors (Lipinski definition) is 3. The van der Waals surface area contributed by atoms with Crippen LogP contribution >= 0.6 is 0 Å². The summed E-state index contributed by atoms with van der Waals surface area (Å²) in [5, 5.41) is 2.91. The molecule has 0 aromatic carbocycles. The molecule has 2 heterocycles. The van der Waals surface area contributed by atoms with E-state index in [9.17, 15) is 14.4 Å². The Morgan fingerprint density at radius 1 is 1.17 bits per heavy atom. The van der Waals surface area contributed by atoms with Gasteiger partial charge in [0.2, 0.25) is 5.91 Å². The second-order valence-electron chi connectivity index (χ2n) is 7.37. The Bertz CT molecular complexity index is 521. The predicted octanol–water partition coefficient (Wildman–Crippen LogP) is 1.89. The Hall–Kier alpha value is -1.59. The van der Waals surface area contributed by atoms with Crippen LogP contribution in [0.2, 0.25) is 0 Å². The molecule has 4 amide bonds. The first-order valence-electron chi connectivity index (χ1n) is 8.89. The summed E-state index contributed by atoms with van der Waals surface area (Å²) in [5.41, 5.74) is -0.775. The van der Waals surface area contributed by atoms with E-state index < -0.39 is 11.6 Å². The summed E-state index contributed by atoms with van der Waals surface area (Å²) >= 11 is 0. The molecule has 1 N–H and O–H groups in total. The molecule has 0 unspecified atom stereocenters. The zero-order valence-electron chi connectivity index (χ0n) is 14.1. The van der Waals surface area contributed by atoms with E-state index in [1.165, 1.54) is 0 Å². The van der Waals surface area contributed by atoms with Crippen LogP contribution in [-0.4, -0.2) is 52.3 Å². The highest BCUT2D eigenvalue weighted by atomic mass is 16.2. The fourth-order valence-corrected chi connectivity index (χ4v) is 4.33. The van der Waals surface area contributed by atoms with Crippen molar-refractivity contribution in [3.05, 3.63) is 0 Å². The van der Waals surface area contributed by atoms with Crippen molar-refractivity contribution < 1.29 is 14.4 Å². The average Bonchev–Trinajstić information content (AvgIpc) is 2.76. The van der Waals surface area contributed by atoms with Crippen molar-refractivity contribution in [2.24, 2.45) is 5.92 Å². The fourth-order valence-electron chi connectivity index (χ4n) is 4.33. The highest BCUT2D eigenvalue weighted by Gasteiger charge is 2.55. The molecule has 1 aliphatic carbocycles. The SMILES string of the molecule is C[C@H]1CCCCN1C(=O)CN1C(=O)N[C@]2(CCCC[C@@H]2C)C1=O. The van der Waals surface area contributed by atoms with E-state index in [0.717, 1.165) is 50.0 Å². The summed E-state index contributed by atoms with van der Waals surface area (Å²) in [7, 11) is 0. The Morgan fingerprint density at radius 3 is 2.61 bits per heavy atom. The summed E-state index contributed by atoms with van der Waals surface area (Å²) in [6, 6.07) is -0.207. The fraction of sp³-hybridized carbons (Fsp3) is 0.824. The van der Waals surface area contributed by atoms with Crippen LogP contribution in [0.3, 0.4) is 0 Å². The van der Waals surface area contributed by atoms with Gasteiger partial charge in [-0.15, -0.1) is 0 Å². The molecular formula is C17H27N3O3. The van der Waals surface area contributed by atoms with Crippen molar-refractivity contribution in [2.45, 2.75) is 70.4 Å². The number of nitrogens with zero attached hydrogens (tertiary/aromatic N) is 2.